The third-order valence-electron chi connectivity index (χ3n) is 3.91. The van der Waals surface area contributed by atoms with Crippen molar-refractivity contribution >= 4 is 29.1 Å². The van der Waals surface area contributed by atoms with E-state index in [1.165, 1.54) is 11.8 Å². The molecular weight excluding hydrogens is 376 g/mol. The summed E-state index contributed by atoms with van der Waals surface area (Å²) in [5.41, 5.74) is 2.01. The van der Waals surface area contributed by atoms with Gasteiger partial charge < -0.3 is 9.73 Å². The van der Waals surface area contributed by atoms with Crippen molar-refractivity contribution in [2.24, 2.45) is 0 Å². The minimum Gasteiger partial charge on any atom is -0.411 e. The number of ketones is 1. The monoisotopic (exact) mass is 396 g/mol. The van der Waals surface area contributed by atoms with Crippen LogP contribution in [0.25, 0.3) is 11.5 Å². The van der Waals surface area contributed by atoms with E-state index < -0.39 is 5.25 Å². The van der Waals surface area contributed by atoms with Crippen LogP contribution in [0.3, 0.4) is 0 Å². The second kappa shape index (κ2) is 9.27. The Bertz CT molecular complexity index is 942. The van der Waals surface area contributed by atoms with E-state index in [1.807, 2.05) is 6.92 Å². The highest BCUT2D eigenvalue weighted by Gasteiger charge is 2.20. The number of carbonyl (C=O) groups is 2. The van der Waals surface area contributed by atoms with Gasteiger partial charge in [0.2, 0.25) is 11.8 Å². The molecular formula is C20H20N4O3S. The van der Waals surface area contributed by atoms with E-state index in [0.717, 1.165) is 12.0 Å². The molecule has 1 amide bonds. The van der Waals surface area contributed by atoms with Crippen molar-refractivity contribution in [1.82, 2.24) is 15.2 Å². The van der Waals surface area contributed by atoms with Gasteiger partial charge in [-0.25, -0.2) is 0 Å². The minimum absolute atomic E-state index is 0.0353. The Balaban J connectivity index is 1.61. The van der Waals surface area contributed by atoms with Gasteiger partial charge in [0, 0.05) is 35.6 Å². The zero-order chi connectivity index (χ0) is 19.9. The number of carbonyl (C=O) groups excluding carboxylic acids is 2. The molecule has 0 radical (unpaired) electrons. The first-order chi connectivity index (χ1) is 13.6. The zero-order valence-electron chi connectivity index (χ0n) is 15.6. The van der Waals surface area contributed by atoms with Gasteiger partial charge in [-0.2, -0.15) is 0 Å². The summed E-state index contributed by atoms with van der Waals surface area (Å²) in [6.45, 7) is 3.74. The maximum atomic E-state index is 12.7. The molecule has 144 valence electrons. The molecule has 28 heavy (non-hydrogen) atoms. The van der Waals surface area contributed by atoms with Crippen molar-refractivity contribution in [3.8, 4) is 11.5 Å². The Kier molecular flexibility index (Phi) is 6.54. The van der Waals surface area contributed by atoms with E-state index in [2.05, 4.69) is 20.5 Å². The molecule has 0 saturated carbocycles. The lowest BCUT2D eigenvalue weighted by Gasteiger charge is -2.09. The first kappa shape index (κ1) is 19.8. The van der Waals surface area contributed by atoms with Gasteiger partial charge in [0.25, 0.3) is 5.22 Å². The van der Waals surface area contributed by atoms with Gasteiger partial charge in [-0.1, -0.05) is 18.7 Å². The quantitative estimate of drug-likeness (QED) is 0.449. The molecule has 0 aliphatic rings. The molecule has 1 N–H and O–H groups in total. The van der Waals surface area contributed by atoms with Crippen LogP contribution in [0.15, 0.2) is 58.4 Å². The number of nitrogens with zero attached hydrogens (tertiary/aromatic N) is 3. The van der Waals surface area contributed by atoms with Crippen molar-refractivity contribution in [3.63, 3.8) is 0 Å². The summed E-state index contributed by atoms with van der Waals surface area (Å²) in [5, 5.41) is 10.7. The summed E-state index contributed by atoms with van der Waals surface area (Å²) in [6.07, 6.45) is 4.55. The van der Waals surface area contributed by atoms with E-state index in [9.17, 15) is 9.59 Å². The molecule has 0 saturated heterocycles. The number of nitrogens with one attached hydrogen (secondary N) is 1. The molecule has 0 fully saturated rings. The predicted molar refractivity (Wildman–Crippen MR) is 107 cm³/mol. The highest BCUT2D eigenvalue weighted by molar-refractivity contribution is 8.00. The van der Waals surface area contributed by atoms with Gasteiger partial charge in [-0.3, -0.25) is 14.6 Å². The SMILES string of the molecule is CCCC(=O)Nc1ccc(C(=O)C(C)Sc2nnc(-c3ccncc3)o2)cc1. The minimum atomic E-state index is -0.397. The number of Topliss-reactive ketones (excluding diaryl/α,β-unsaturated/α-hetero) is 1. The fourth-order valence-electron chi connectivity index (χ4n) is 2.48. The van der Waals surface area contributed by atoms with Crippen LogP contribution in [-0.4, -0.2) is 32.1 Å². The number of benzene rings is 1. The molecule has 0 spiro atoms. The van der Waals surface area contributed by atoms with Crippen molar-refractivity contribution in [1.29, 1.82) is 0 Å². The third-order valence-corrected chi connectivity index (χ3v) is 4.85. The number of thioether (sulfide) groups is 1. The van der Waals surface area contributed by atoms with Crippen LogP contribution in [0.2, 0.25) is 0 Å². The molecule has 1 unspecified atom stereocenters. The molecule has 7 nitrogen and oxygen atoms in total. The summed E-state index contributed by atoms with van der Waals surface area (Å²) in [5.74, 6) is 0.295. The lowest BCUT2D eigenvalue weighted by molar-refractivity contribution is -0.116. The van der Waals surface area contributed by atoms with Gasteiger partial charge >= 0.3 is 0 Å². The van der Waals surface area contributed by atoms with Gasteiger partial charge in [0.15, 0.2) is 5.78 Å². The summed E-state index contributed by atoms with van der Waals surface area (Å²) in [4.78, 5) is 28.2. The Labute approximate surface area is 167 Å². The fraction of sp³-hybridized carbons (Fsp3) is 0.250. The number of hydrogen-bond acceptors (Lipinski definition) is 7. The van der Waals surface area contributed by atoms with E-state index in [4.69, 9.17) is 4.42 Å². The molecule has 3 rings (SSSR count). The second-order valence-electron chi connectivity index (χ2n) is 6.11. The van der Waals surface area contributed by atoms with Crippen LogP contribution >= 0.6 is 11.8 Å². The van der Waals surface area contributed by atoms with E-state index in [-0.39, 0.29) is 11.7 Å². The Morgan fingerprint density at radius 1 is 1.11 bits per heavy atom. The van der Waals surface area contributed by atoms with E-state index in [1.54, 1.807) is 55.7 Å². The molecule has 1 atom stereocenters. The molecule has 3 aromatic rings. The van der Waals surface area contributed by atoms with Gasteiger partial charge in [-0.05, 0) is 49.7 Å². The number of pyridine rings is 1. The topological polar surface area (TPSA) is 98.0 Å². The highest BCUT2D eigenvalue weighted by atomic mass is 32.2. The lowest BCUT2D eigenvalue weighted by Crippen LogP contribution is -2.14. The van der Waals surface area contributed by atoms with Crippen LogP contribution in [0, 0.1) is 0 Å². The maximum Gasteiger partial charge on any atom is 0.277 e. The van der Waals surface area contributed by atoms with Crippen molar-refractivity contribution < 1.29 is 14.0 Å². The number of anilines is 1. The van der Waals surface area contributed by atoms with Gasteiger partial charge in [0.05, 0.1) is 5.25 Å². The average molecular weight is 396 g/mol. The Morgan fingerprint density at radius 3 is 2.50 bits per heavy atom. The molecule has 8 heteroatoms. The second-order valence-corrected chi connectivity index (χ2v) is 7.40. The number of aromatic nitrogens is 3. The number of hydrogen-bond donors (Lipinski definition) is 1. The normalized spacial score (nSPS) is 11.8. The highest BCUT2D eigenvalue weighted by Crippen LogP contribution is 2.27. The smallest absolute Gasteiger partial charge is 0.277 e. The zero-order valence-corrected chi connectivity index (χ0v) is 16.4. The van der Waals surface area contributed by atoms with E-state index in [0.29, 0.717) is 28.8 Å². The summed E-state index contributed by atoms with van der Waals surface area (Å²) in [7, 11) is 0. The molecule has 1 aromatic carbocycles. The molecule has 2 aromatic heterocycles. The van der Waals surface area contributed by atoms with E-state index >= 15 is 0 Å². The first-order valence-corrected chi connectivity index (χ1v) is 9.79. The Hall–Kier alpha value is -3.00. The molecule has 2 heterocycles. The lowest BCUT2D eigenvalue weighted by atomic mass is 10.1. The average Bonchev–Trinajstić information content (AvgIpc) is 3.17. The number of amides is 1. The third kappa shape index (κ3) is 5.04. The summed E-state index contributed by atoms with van der Waals surface area (Å²) in [6, 6.07) is 10.4. The van der Waals surface area contributed by atoms with Crippen molar-refractivity contribution in [3.05, 3.63) is 54.4 Å². The molecule has 0 bridgehead atoms. The van der Waals surface area contributed by atoms with Gasteiger partial charge in [-0.15, -0.1) is 10.2 Å². The van der Waals surface area contributed by atoms with Gasteiger partial charge in [0.1, 0.15) is 0 Å². The maximum absolute atomic E-state index is 12.7. The fourth-order valence-corrected chi connectivity index (χ4v) is 3.24. The standard InChI is InChI=1S/C20H20N4O3S/c1-3-4-17(25)22-16-7-5-14(6-8-16)18(26)13(2)28-20-24-23-19(27-20)15-9-11-21-12-10-15/h5-13H,3-4H2,1-2H3,(H,22,25). The van der Waals surface area contributed by atoms with Crippen molar-refractivity contribution in [2.45, 2.75) is 37.2 Å². The largest absolute Gasteiger partial charge is 0.411 e. The van der Waals surface area contributed by atoms with Crippen LogP contribution in [0.1, 0.15) is 37.0 Å². The van der Waals surface area contributed by atoms with Crippen LogP contribution in [0.4, 0.5) is 5.69 Å². The van der Waals surface area contributed by atoms with Crippen LogP contribution in [-0.2, 0) is 4.79 Å². The number of rotatable bonds is 8. The van der Waals surface area contributed by atoms with Crippen LogP contribution in [0.5, 0.6) is 0 Å². The van der Waals surface area contributed by atoms with Crippen molar-refractivity contribution in [2.75, 3.05) is 5.32 Å². The Morgan fingerprint density at radius 2 is 1.82 bits per heavy atom. The predicted octanol–water partition coefficient (Wildman–Crippen LogP) is 4.23. The van der Waals surface area contributed by atoms with Crippen LogP contribution < -0.4 is 5.32 Å². The molecule has 0 aliphatic carbocycles. The summed E-state index contributed by atoms with van der Waals surface area (Å²) < 4.78 is 5.63. The molecule has 0 aliphatic heterocycles. The first-order valence-electron chi connectivity index (χ1n) is 8.91. The summed E-state index contributed by atoms with van der Waals surface area (Å²) >= 11 is 1.21.